The van der Waals surface area contributed by atoms with Crippen molar-refractivity contribution in [3.8, 4) is 0 Å². The van der Waals surface area contributed by atoms with Crippen molar-refractivity contribution in [1.29, 1.82) is 0 Å². The monoisotopic (exact) mass is 321 g/mol. The predicted molar refractivity (Wildman–Crippen MR) is 57.6 cm³/mol. The van der Waals surface area contributed by atoms with Gasteiger partial charge in [0.25, 0.3) is 0 Å². The number of aromatic nitrogens is 1. The van der Waals surface area contributed by atoms with Crippen molar-refractivity contribution in [2.24, 2.45) is 0 Å². The first-order chi connectivity index (χ1) is 5.27. The Balaban J connectivity index is 2.60. The van der Waals surface area contributed by atoms with Crippen LogP contribution in [0.1, 0.15) is 11.3 Å². The number of rotatable bonds is 0. The van der Waals surface area contributed by atoms with Gasteiger partial charge in [-0.15, -0.1) is 0 Å². The molecule has 0 saturated heterocycles. The largest absolute Gasteiger partial charge is 0.259 e. The number of halogens is 2. The van der Waals surface area contributed by atoms with E-state index in [1.807, 2.05) is 6.20 Å². The normalized spacial score (nSPS) is 14.5. The van der Waals surface area contributed by atoms with Gasteiger partial charge in [0.1, 0.15) is 0 Å². The predicted octanol–water partition coefficient (Wildman–Crippen LogP) is 3.18. The van der Waals surface area contributed by atoms with Gasteiger partial charge in [-0.05, 0) is 44.6 Å². The number of pyridine rings is 1. The van der Waals surface area contributed by atoms with E-state index in [4.69, 9.17) is 0 Å². The summed E-state index contributed by atoms with van der Waals surface area (Å²) >= 11 is 5.74. The average molecular weight is 322 g/mol. The Morgan fingerprint density at radius 1 is 1.55 bits per heavy atom. The fourth-order valence-electron chi connectivity index (χ4n) is 1.13. The molecule has 2 rings (SSSR count). The van der Waals surface area contributed by atoms with Crippen molar-refractivity contribution in [2.45, 2.75) is 6.42 Å². The van der Waals surface area contributed by atoms with Crippen LogP contribution in [-0.4, -0.2) is 4.98 Å². The van der Waals surface area contributed by atoms with Crippen molar-refractivity contribution in [1.82, 2.24) is 4.98 Å². The number of hydrogen-bond donors (Lipinski definition) is 0. The molecule has 0 N–H and O–H groups in total. The van der Waals surface area contributed by atoms with E-state index >= 15 is 0 Å². The maximum atomic E-state index is 4.31. The Kier molecular flexibility index (Phi) is 2.01. The van der Waals surface area contributed by atoms with Crippen molar-refractivity contribution < 1.29 is 0 Å². The molecule has 1 nitrogen and oxygen atoms in total. The molecule has 0 spiro atoms. The summed E-state index contributed by atoms with van der Waals surface area (Å²) in [6.07, 6.45) is 5.04. The quantitative estimate of drug-likeness (QED) is 0.669. The molecule has 1 aromatic rings. The van der Waals surface area contributed by atoms with E-state index in [0.29, 0.717) is 0 Å². The van der Waals surface area contributed by atoms with Gasteiger partial charge in [0, 0.05) is 26.2 Å². The Morgan fingerprint density at radius 2 is 2.36 bits per heavy atom. The number of allylic oxidation sites excluding steroid dienone is 1. The second kappa shape index (κ2) is 2.86. The lowest BCUT2D eigenvalue weighted by Crippen LogP contribution is -1.86. The lowest BCUT2D eigenvalue weighted by molar-refractivity contribution is 1.12. The molecule has 1 aromatic heterocycles. The third-order valence-electron chi connectivity index (χ3n) is 1.67. The lowest BCUT2D eigenvalue weighted by Gasteiger charge is -1.98. The summed E-state index contributed by atoms with van der Waals surface area (Å²) in [5.41, 5.74) is 2.47. The van der Waals surface area contributed by atoms with E-state index in [9.17, 15) is 0 Å². The Bertz CT molecular complexity index is 333. The summed E-state index contributed by atoms with van der Waals surface area (Å²) in [4.78, 5) is 4.31. The van der Waals surface area contributed by atoms with E-state index in [-0.39, 0.29) is 0 Å². The average Bonchev–Trinajstić information content (AvgIpc) is 2.33. The molecule has 0 bridgehead atoms. The minimum atomic E-state index is 0.987. The molecule has 1 heterocycles. The summed E-state index contributed by atoms with van der Waals surface area (Å²) < 4.78 is 2.37. The van der Waals surface area contributed by atoms with Crippen LogP contribution in [0.4, 0.5) is 0 Å². The molecule has 0 aliphatic heterocycles. The highest BCUT2D eigenvalue weighted by atomic mass is 127. The van der Waals surface area contributed by atoms with E-state index < -0.39 is 0 Å². The van der Waals surface area contributed by atoms with Crippen LogP contribution in [0, 0.1) is 0 Å². The molecule has 0 fully saturated rings. The fraction of sp³-hybridized carbons (Fsp3) is 0.125. The summed E-state index contributed by atoms with van der Waals surface area (Å²) in [7, 11) is 0. The molecule has 0 atom stereocenters. The van der Waals surface area contributed by atoms with Gasteiger partial charge in [0.05, 0.1) is 5.69 Å². The second-order valence-electron chi connectivity index (χ2n) is 2.40. The van der Waals surface area contributed by atoms with Crippen LogP contribution in [0.15, 0.2) is 22.8 Å². The van der Waals surface area contributed by atoms with Crippen LogP contribution in [0.3, 0.4) is 0 Å². The zero-order chi connectivity index (χ0) is 7.84. The summed E-state index contributed by atoms with van der Waals surface area (Å²) in [6.45, 7) is 0. The van der Waals surface area contributed by atoms with Gasteiger partial charge in [-0.1, -0.05) is 6.08 Å². The minimum absolute atomic E-state index is 0.987. The minimum Gasteiger partial charge on any atom is -0.259 e. The van der Waals surface area contributed by atoms with Crippen LogP contribution < -0.4 is 0 Å². The van der Waals surface area contributed by atoms with Crippen molar-refractivity contribution in [3.63, 3.8) is 0 Å². The maximum absolute atomic E-state index is 4.31. The standard InChI is InChI=1S/C8H5BrIN/c9-5-3-6-7(10)1-2-8(6)11-4-5/h1,3-4H,2H2. The highest BCUT2D eigenvalue weighted by Gasteiger charge is 2.12. The van der Waals surface area contributed by atoms with Gasteiger partial charge >= 0.3 is 0 Å². The molecule has 0 radical (unpaired) electrons. The van der Waals surface area contributed by atoms with E-state index in [2.05, 4.69) is 55.6 Å². The van der Waals surface area contributed by atoms with Gasteiger partial charge in [0.2, 0.25) is 0 Å². The third-order valence-corrected chi connectivity index (χ3v) is 3.12. The van der Waals surface area contributed by atoms with Gasteiger partial charge in [-0.3, -0.25) is 4.98 Å². The Labute approximate surface area is 87.2 Å². The lowest BCUT2D eigenvalue weighted by atomic mass is 10.2. The molecule has 56 valence electrons. The fourth-order valence-corrected chi connectivity index (χ4v) is 2.15. The van der Waals surface area contributed by atoms with Gasteiger partial charge < -0.3 is 0 Å². The summed E-state index contributed by atoms with van der Waals surface area (Å²) in [5, 5.41) is 0. The van der Waals surface area contributed by atoms with Crippen LogP contribution in [0.25, 0.3) is 3.58 Å². The van der Waals surface area contributed by atoms with Crippen LogP contribution in [0.2, 0.25) is 0 Å². The molecular formula is C8H5BrIN. The van der Waals surface area contributed by atoms with Crippen LogP contribution in [0.5, 0.6) is 0 Å². The molecule has 0 amide bonds. The Morgan fingerprint density at radius 3 is 3.18 bits per heavy atom. The van der Waals surface area contributed by atoms with Crippen molar-refractivity contribution >= 4 is 42.1 Å². The maximum Gasteiger partial charge on any atom is 0.0525 e. The first kappa shape index (κ1) is 7.73. The zero-order valence-electron chi connectivity index (χ0n) is 5.64. The SMILES string of the molecule is Brc1cnc2c(c1)C(I)=CC2. The zero-order valence-corrected chi connectivity index (χ0v) is 9.39. The molecule has 1 aliphatic rings. The van der Waals surface area contributed by atoms with Crippen molar-refractivity contribution in [3.05, 3.63) is 34.1 Å². The summed E-state index contributed by atoms with van der Waals surface area (Å²) in [5.74, 6) is 0. The van der Waals surface area contributed by atoms with Gasteiger partial charge in [-0.25, -0.2) is 0 Å². The first-order valence-corrected chi connectivity index (χ1v) is 5.15. The Hall–Kier alpha value is 0.100. The number of nitrogens with zero attached hydrogens (tertiary/aromatic N) is 1. The third kappa shape index (κ3) is 1.36. The number of hydrogen-bond acceptors (Lipinski definition) is 1. The van der Waals surface area contributed by atoms with E-state index in [0.717, 1.165) is 10.9 Å². The molecule has 3 heteroatoms. The topological polar surface area (TPSA) is 12.9 Å². The number of fused-ring (bicyclic) bond motifs is 1. The highest BCUT2D eigenvalue weighted by molar-refractivity contribution is 14.1. The van der Waals surface area contributed by atoms with E-state index in [1.165, 1.54) is 14.8 Å². The van der Waals surface area contributed by atoms with Crippen LogP contribution in [-0.2, 0) is 6.42 Å². The molecular weight excluding hydrogens is 317 g/mol. The summed E-state index contributed by atoms with van der Waals surface area (Å²) in [6, 6.07) is 2.12. The first-order valence-electron chi connectivity index (χ1n) is 3.28. The highest BCUT2D eigenvalue weighted by Crippen LogP contribution is 2.32. The van der Waals surface area contributed by atoms with Crippen LogP contribution >= 0.6 is 38.5 Å². The van der Waals surface area contributed by atoms with Gasteiger partial charge in [0.15, 0.2) is 0 Å². The molecule has 0 saturated carbocycles. The molecule has 1 aliphatic carbocycles. The van der Waals surface area contributed by atoms with Crippen molar-refractivity contribution in [2.75, 3.05) is 0 Å². The van der Waals surface area contributed by atoms with Gasteiger partial charge in [-0.2, -0.15) is 0 Å². The second-order valence-corrected chi connectivity index (χ2v) is 4.48. The smallest absolute Gasteiger partial charge is 0.0525 e. The van der Waals surface area contributed by atoms with E-state index in [1.54, 1.807) is 0 Å². The molecule has 0 aromatic carbocycles. The molecule has 11 heavy (non-hydrogen) atoms. The molecule has 0 unspecified atom stereocenters.